The molecule has 0 aromatic carbocycles. The Morgan fingerprint density at radius 1 is 1.42 bits per heavy atom. The lowest BCUT2D eigenvalue weighted by atomic mass is 9.76. The maximum atomic E-state index is 12.0. The molecular formula is C13H21NO5. The van der Waals surface area contributed by atoms with Crippen LogP contribution in [0.4, 0.5) is 4.79 Å². The van der Waals surface area contributed by atoms with Gasteiger partial charge < -0.3 is 19.5 Å². The van der Waals surface area contributed by atoms with Crippen LogP contribution in [0.1, 0.15) is 27.2 Å². The average molecular weight is 271 g/mol. The number of amides is 1. The van der Waals surface area contributed by atoms with Gasteiger partial charge in [-0.25, -0.2) is 4.79 Å². The van der Waals surface area contributed by atoms with Crippen LogP contribution in [-0.2, 0) is 14.3 Å². The Morgan fingerprint density at radius 2 is 2.11 bits per heavy atom. The molecule has 0 aromatic heterocycles. The number of carbonyl (C=O) groups is 2. The van der Waals surface area contributed by atoms with Crippen LogP contribution in [0.2, 0.25) is 0 Å². The summed E-state index contributed by atoms with van der Waals surface area (Å²) in [5.74, 6) is -0.936. The molecule has 2 fully saturated rings. The Hall–Kier alpha value is -1.30. The summed E-state index contributed by atoms with van der Waals surface area (Å²) in [5.41, 5.74) is -1.53. The predicted molar refractivity (Wildman–Crippen MR) is 66.8 cm³/mol. The number of fused-ring (bicyclic) bond motifs is 1. The number of nitrogens with zero attached hydrogens (tertiary/aromatic N) is 1. The Morgan fingerprint density at radius 3 is 2.63 bits per heavy atom. The zero-order chi connectivity index (χ0) is 14.3. The molecule has 0 aromatic rings. The van der Waals surface area contributed by atoms with Crippen LogP contribution in [0, 0.1) is 11.3 Å². The lowest BCUT2D eigenvalue weighted by Gasteiger charge is -2.33. The van der Waals surface area contributed by atoms with Gasteiger partial charge in [0.15, 0.2) is 0 Å². The summed E-state index contributed by atoms with van der Waals surface area (Å²) in [6.07, 6.45) is 0.230. The number of aliphatic carboxylic acids is 1. The molecule has 0 bridgehead atoms. The second-order valence-corrected chi connectivity index (χ2v) is 6.36. The van der Waals surface area contributed by atoms with Crippen LogP contribution < -0.4 is 0 Å². The molecule has 108 valence electrons. The van der Waals surface area contributed by atoms with Crippen molar-refractivity contribution < 1.29 is 24.2 Å². The van der Waals surface area contributed by atoms with Gasteiger partial charge in [0.05, 0.1) is 6.61 Å². The van der Waals surface area contributed by atoms with E-state index in [0.717, 1.165) is 0 Å². The van der Waals surface area contributed by atoms with Crippen molar-refractivity contribution in [3.8, 4) is 0 Å². The van der Waals surface area contributed by atoms with E-state index in [2.05, 4.69) is 0 Å². The van der Waals surface area contributed by atoms with Crippen molar-refractivity contribution in [3.05, 3.63) is 0 Å². The predicted octanol–water partition coefficient (Wildman–Crippen LogP) is 1.34. The number of carboxylic acids is 1. The second kappa shape index (κ2) is 4.67. The molecule has 0 radical (unpaired) electrons. The van der Waals surface area contributed by atoms with Crippen molar-refractivity contribution in [2.45, 2.75) is 32.8 Å². The van der Waals surface area contributed by atoms with E-state index in [-0.39, 0.29) is 19.1 Å². The van der Waals surface area contributed by atoms with E-state index in [4.69, 9.17) is 9.47 Å². The van der Waals surface area contributed by atoms with Crippen LogP contribution in [0.3, 0.4) is 0 Å². The van der Waals surface area contributed by atoms with Crippen LogP contribution in [-0.4, -0.2) is 54.0 Å². The molecule has 19 heavy (non-hydrogen) atoms. The summed E-state index contributed by atoms with van der Waals surface area (Å²) in [4.78, 5) is 25.1. The molecule has 1 N–H and O–H groups in total. The highest BCUT2D eigenvalue weighted by Crippen LogP contribution is 2.42. The van der Waals surface area contributed by atoms with Gasteiger partial charge in [0.1, 0.15) is 11.0 Å². The molecule has 0 spiro atoms. The molecule has 2 aliphatic heterocycles. The minimum atomic E-state index is -0.963. The molecule has 2 heterocycles. The van der Waals surface area contributed by atoms with Crippen molar-refractivity contribution in [2.24, 2.45) is 11.3 Å². The van der Waals surface area contributed by atoms with Crippen molar-refractivity contribution in [1.82, 2.24) is 4.90 Å². The summed E-state index contributed by atoms with van der Waals surface area (Å²) < 4.78 is 10.6. The number of hydrogen-bond acceptors (Lipinski definition) is 4. The standard InChI is InChI=1S/C13H21NO5/c1-12(2,3)19-11(17)14-6-9-4-5-18-8-13(9,7-14)10(15)16/h9H,4-8H2,1-3H3,(H,15,16). The first-order chi connectivity index (χ1) is 8.74. The molecule has 2 aliphatic rings. The van der Waals surface area contributed by atoms with E-state index in [9.17, 15) is 14.7 Å². The maximum Gasteiger partial charge on any atom is 0.410 e. The summed E-state index contributed by atoms with van der Waals surface area (Å²) in [6.45, 7) is 6.72. The summed E-state index contributed by atoms with van der Waals surface area (Å²) in [5, 5.41) is 9.47. The number of carboxylic acid groups (broad SMARTS) is 1. The highest BCUT2D eigenvalue weighted by Gasteiger charge is 2.55. The van der Waals surface area contributed by atoms with E-state index < -0.39 is 23.1 Å². The third kappa shape index (κ3) is 2.68. The lowest BCUT2D eigenvalue weighted by molar-refractivity contribution is -0.159. The van der Waals surface area contributed by atoms with Gasteiger partial charge in [-0.05, 0) is 33.1 Å². The van der Waals surface area contributed by atoms with Gasteiger partial charge in [0, 0.05) is 19.7 Å². The number of carbonyl (C=O) groups excluding carboxylic acids is 1. The molecule has 2 unspecified atom stereocenters. The Kier molecular flexibility index (Phi) is 3.47. The van der Waals surface area contributed by atoms with Gasteiger partial charge in [0.2, 0.25) is 0 Å². The molecule has 0 aliphatic carbocycles. The van der Waals surface area contributed by atoms with Crippen LogP contribution in [0.25, 0.3) is 0 Å². The van der Waals surface area contributed by atoms with Gasteiger partial charge in [-0.15, -0.1) is 0 Å². The molecule has 6 nitrogen and oxygen atoms in total. The fourth-order valence-corrected chi connectivity index (χ4v) is 2.76. The fraction of sp³-hybridized carbons (Fsp3) is 0.846. The van der Waals surface area contributed by atoms with E-state index in [1.54, 1.807) is 20.8 Å². The summed E-state index contributed by atoms with van der Waals surface area (Å²) >= 11 is 0. The van der Waals surface area contributed by atoms with Crippen molar-refractivity contribution in [3.63, 3.8) is 0 Å². The van der Waals surface area contributed by atoms with Crippen molar-refractivity contribution in [2.75, 3.05) is 26.3 Å². The summed E-state index contributed by atoms with van der Waals surface area (Å²) in [6, 6.07) is 0. The third-order valence-corrected chi connectivity index (χ3v) is 3.74. The number of ether oxygens (including phenoxy) is 2. The van der Waals surface area contributed by atoms with E-state index in [1.165, 1.54) is 4.90 Å². The number of likely N-dealkylation sites (tertiary alicyclic amines) is 1. The minimum absolute atomic E-state index is 0.0498. The largest absolute Gasteiger partial charge is 0.481 e. The molecule has 2 rings (SSSR count). The number of hydrogen-bond donors (Lipinski definition) is 1. The van der Waals surface area contributed by atoms with Crippen molar-refractivity contribution >= 4 is 12.1 Å². The highest BCUT2D eigenvalue weighted by atomic mass is 16.6. The first kappa shape index (κ1) is 14.1. The number of rotatable bonds is 1. The molecule has 2 saturated heterocycles. The summed E-state index contributed by atoms with van der Waals surface area (Å²) in [7, 11) is 0. The van der Waals surface area contributed by atoms with Crippen LogP contribution >= 0.6 is 0 Å². The van der Waals surface area contributed by atoms with Crippen molar-refractivity contribution in [1.29, 1.82) is 0 Å². The maximum absolute atomic E-state index is 12.0. The highest BCUT2D eigenvalue weighted by molar-refractivity contribution is 5.78. The zero-order valence-corrected chi connectivity index (χ0v) is 11.6. The zero-order valence-electron chi connectivity index (χ0n) is 11.6. The van der Waals surface area contributed by atoms with Gasteiger partial charge in [-0.1, -0.05) is 0 Å². The molecule has 0 saturated carbocycles. The first-order valence-electron chi connectivity index (χ1n) is 6.54. The quantitative estimate of drug-likeness (QED) is 0.779. The SMILES string of the molecule is CC(C)(C)OC(=O)N1CC2CCOCC2(C(=O)O)C1. The van der Waals surface area contributed by atoms with E-state index in [1.807, 2.05) is 0 Å². The molecule has 6 heteroatoms. The topological polar surface area (TPSA) is 76.1 Å². The second-order valence-electron chi connectivity index (χ2n) is 6.36. The molecular weight excluding hydrogens is 250 g/mol. The first-order valence-corrected chi connectivity index (χ1v) is 6.54. The third-order valence-electron chi connectivity index (χ3n) is 3.74. The van der Waals surface area contributed by atoms with Gasteiger partial charge in [-0.2, -0.15) is 0 Å². The Labute approximate surface area is 112 Å². The van der Waals surface area contributed by atoms with Crippen LogP contribution in [0.5, 0.6) is 0 Å². The Balaban J connectivity index is 2.11. The van der Waals surface area contributed by atoms with Gasteiger partial charge in [-0.3, -0.25) is 4.79 Å². The van der Waals surface area contributed by atoms with Gasteiger partial charge >= 0.3 is 12.1 Å². The van der Waals surface area contributed by atoms with E-state index in [0.29, 0.717) is 19.6 Å². The lowest BCUT2D eigenvalue weighted by Crippen LogP contribution is -2.46. The van der Waals surface area contributed by atoms with Crippen LogP contribution in [0.15, 0.2) is 0 Å². The molecule has 1 amide bonds. The fourth-order valence-electron chi connectivity index (χ4n) is 2.76. The minimum Gasteiger partial charge on any atom is -0.481 e. The smallest absolute Gasteiger partial charge is 0.410 e. The average Bonchev–Trinajstić information content (AvgIpc) is 2.67. The normalized spacial score (nSPS) is 30.9. The monoisotopic (exact) mass is 271 g/mol. The van der Waals surface area contributed by atoms with E-state index >= 15 is 0 Å². The van der Waals surface area contributed by atoms with Gasteiger partial charge in [0.25, 0.3) is 0 Å². The molecule has 2 atom stereocenters. The Bertz CT molecular complexity index is 389.